The van der Waals surface area contributed by atoms with Crippen LogP contribution in [0, 0.1) is 22.7 Å². The molecule has 0 saturated heterocycles. The average Bonchev–Trinajstić information content (AvgIpc) is 2.94. The molecule has 2 aromatic carbocycles. The van der Waals surface area contributed by atoms with Crippen LogP contribution in [0.25, 0.3) is 22.2 Å². The Hall–Kier alpha value is -4.22. The largest absolute Gasteiger partial charge is 0.478 e. The minimum atomic E-state index is -1.01. The van der Waals surface area contributed by atoms with Gasteiger partial charge in [-0.1, -0.05) is 62.9 Å². The van der Waals surface area contributed by atoms with Crippen molar-refractivity contribution in [1.29, 1.82) is 5.26 Å². The number of carbonyl (C=O) groups is 2. The second kappa shape index (κ2) is 11.1. The van der Waals surface area contributed by atoms with Crippen LogP contribution in [0.5, 0.6) is 0 Å². The van der Waals surface area contributed by atoms with Gasteiger partial charge in [0.25, 0.3) is 0 Å². The number of rotatable bonds is 6. The SMILES string of the molecule is CC(C)(C)C1CCc2nc(SCC(=O)Nc3ccc(-c4cc(C(=O)O)c5ccccc5n4)cc3)c(C#N)cc2C1. The number of carboxylic acid groups (broad SMARTS) is 1. The highest BCUT2D eigenvalue weighted by molar-refractivity contribution is 8.00. The third-order valence-electron chi connectivity index (χ3n) is 7.45. The van der Waals surface area contributed by atoms with Gasteiger partial charge < -0.3 is 10.4 Å². The van der Waals surface area contributed by atoms with Crippen molar-refractivity contribution < 1.29 is 14.7 Å². The number of nitrogens with zero attached hydrogens (tertiary/aromatic N) is 3. The first-order valence-corrected chi connectivity index (χ1v) is 14.2. The molecule has 0 radical (unpaired) electrons. The number of aryl methyl sites for hydroxylation is 1. The maximum Gasteiger partial charge on any atom is 0.336 e. The van der Waals surface area contributed by atoms with Gasteiger partial charge in [0, 0.05) is 22.3 Å². The number of hydrogen-bond donors (Lipinski definition) is 2. The molecule has 7 nitrogen and oxygen atoms in total. The van der Waals surface area contributed by atoms with Gasteiger partial charge in [-0.2, -0.15) is 5.26 Å². The number of para-hydroxylation sites is 1. The summed E-state index contributed by atoms with van der Waals surface area (Å²) in [5.74, 6) is -0.532. The van der Waals surface area contributed by atoms with Gasteiger partial charge in [0.2, 0.25) is 5.91 Å². The van der Waals surface area contributed by atoms with Crippen LogP contribution in [-0.2, 0) is 17.6 Å². The highest BCUT2D eigenvalue weighted by Crippen LogP contribution is 2.38. The van der Waals surface area contributed by atoms with Crippen molar-refractivity contribution in [3.63, 3.8) is 0 Å². The predicted octanol–water partition coefficient (Wildman–Crippen LogP) is 6.75. The summed E-state index contributed by atoms with van der Waals surface area (Å²) in [6, 6.07) is 20.0. The lowest BCUT2D eigenvalue weighted by atomic mass is 9.71. The molecule has 1 aliphatic carbocycles. The number of hydrogen-bond acceptors (Lipinski definition) is 6. The van der Waals surface area contributed by atoms with Crippen molar-refractivity contribution in [2.75, 3.05) is 11.1 Å². The normalized spacial score (nSPS) is 14.8. The van der Waals surface area contributed by atoms with Gasteiger partial charge in [-0.15, -0.1) is 0 Å². The van der Waals surface area contributed by atoms with E-state index in [9.17, 15) is 20.0 Å². The number of thioether (sulfide) groups is 1. The summed E-state index contributed by atoms with van der Waals surface area (Å²) in [5.41, 5.74) is 5.60. The van der Waals surface area contributed by atoms with E-state index in [0.29, 0.717) is 38.8 Å². The van der Waals surface area contributed by atoms with E-state index in [-0.39, 0.29) is 22.6 Å². The number of pyridine rings is 2. The molecular weight excluding hydrogens is 520 g/mol. The summed E-state index contributed by atoms with van der Waals surface area (Å²) in [4.78, 5) is 33.9. The van der Waals surface area contributed by atoms with Crippen LogP contribution in [0.3, 0.4) is 0 Å². The van der Waals surface area contributed by atoms with Crippen LogP contribution < -0.4 is 5.32 Å². The second-order valence-corrected chi connectivity index (χ2v) is 12.1. The number of nitriles is 1. The first kappa shape index (κ1) is 27.4. The van der Waals surface area contributed by atoms with Crippen LogP contribution in [-0.4, -0.2) is 32.7 Å². The molecule has 0 saturated carbocycles. The smallest absolute Gasteiger partial charge is 0.336 e. The van der Waals surface area contributed by atoms with E-state index in [4.69, 9.17) is 4.98 Å². The lowest BCUT2D eigenvalue weighted by Gasteiger charge is -2.34. The molecule has 4 aromatic rings. The van der Waals surface area contributed by atoms with E-state index >= 15 is 0 Å². The molecular formula is C32H30N4O3S. The number of nitrogens with one attached hydrogen (secondary N) is 1. The van der Waals surface area contributed by atoms with Gasteiger partial charge in [0.15, 0.2) is 0 Å². The fourth-order valence-corrected chi connectivity index (χ4v) is 5.91. The number of carbonyl (C=O) groups excluding carboxylic acids is 1. The van der Waals surface area contributed by atoms with Crippen molar-refractivity contribution in [3.05, 3.63) is 83.0 Å². The van der Waals surface area contributed by atoms with Gasteiger partial charge in [0.1, 0.15) is 11.1 Å². The summed E-state index contributed by atoms with van der Waals surface area (Å²) < 4.78 is 0. The third kappa shape index (κ3) is 5.85. The first-order chi connectivity index (χ1) is 19.1. The minimum Gasteiger partial charge on any atom is -0.478 e. The number of amides is 1. The molecule has 8 heteroatoms. The van der Waals surface area contributed by atoms with E-state index < -0.39 is 5.97 Å². The van der Waals surface area contributed by atoms with E-state index in [1.54, 1.807) is 48.5 Å². The predicted molar refractivity (Wildman–Crippen MR) is 157 cm³/mol. The molecule has 2 N–H and O–H groups in total. The average molecular weight is 551 g/mol. The molecule has 1 aliphatic rings. The lowest BCUT2D eigenvalue weighted by molar-refractivity contribution is -0.113. The summed E-state index contributed by atoms with van der Waals surface area (Å²) >= 11 is 1.27. The third-order valence-corrected chi connectivity index (χ3v) is 8.44. The highest BCUT2D eigenvalue weighted by Gasteiger charge is 2.30. The van der Waals surface area contributed by atoms with Crippen molar-refractivity contribution in [2.24, 2.45) is 11.3 Å². The number of benzene rings is 2. The zero-order chi connectivity index (χ0) is 28.4. The zero-order valence-corrected chi connectivity index (χ0v) is 23.5. The van der Waals surface area contributed by atoms with Gasteiger partial charge in [-0.25, -0.2) is 14.8 Å². The van der Waals surface area contributed by atoms with Crippen LogP contribution >= 0.6 is 11.8 Å². The Morgan fingerprint density at radius 1 is 1.10 bits per heavy atom. The molecule has 1 unspecified atom stereocenters. The minimum absolute atomic E-state index is 0.126. The molecule has 202 valence electrons. The van der Waals surface area contributed by atoms with Crippen molar-refractivity contribution in [1.82, 2.24) is 9.97 Å². The van der Waals surface area contributed by atoms with Crippen molar-refractivity contribution in [3.8, 4) is 17.3 Å². The van der Waals surface area contributed by atoms with Crippen LogP contribution in [0.15, 0.2) is 65.7 Å². The summed E-state index contributed by atoms with van der Waals surface area (Å²) in [5, 5.41) is 23.5. The Morgan fingerprint density at radius 3 is 2.55 bits per heavy atom. The standard InChI is InChI=1S/C32H30N4O3S/c1-32(2,3)22-10-13-26-20(15-22)14-21(17-33)30(36-26)40-18-29(37)34-23-11-8-19(9-12-23)28-16-25(31(38)39)24-6-4-5-7-27(24)35-28/h4-9,11-12,14,16,22H,10,13,15,18H2,1-3H3,(H,34,37)(H,38,39). The maximum absolute atomic E-state index is 12.7. The van der Waals surface area contributed by atoms with E-state index in [0.717, 1.165) is 36.1 Å². The van der Waals surface area contributed by atoms with Gasteiger partial charge >= 0.3 is 5.97 Å². The quantitative estimate of drug-likeness (QED) is 0.255. The molecule has 0 aliphatic heterocycles. The Bertz CT molecular complexity index is 1650. The topological polar surface area (TPSA) is 116 Å². The van der Waals surface area contributed by atoms with Crippen LogP contribution in [0.4, 0.5) is 5.69 Å². The Morgan fingerprint density at radius 2 is 1.85 bits per heavy atom. The number of aromatic carboxylic acids is 1. The Labute approximate surface area is 237 Å². The molecule has 0 fully saturated rings. The van der Waals surface area contributed by atoms with Crippen molar-refractivity contribution >= 4 is 40.2 Å². The molecule has 2 heterocycles. The molecule has 0 bridgehead atoms. The molecule has 40 heavy (non-hydrogen) atoms. The summed E-state index contributed by atoms with van der Waals surface area (Å²) in [6.07, 6.45) is 2.88. The number of fused-ring (bicyclic) bond motifs is 2. The highest BCUT2D eigenvalue weighted by atomic mass is 32.2. The Balaban J connectivity index is 1.26. The molecule has 2 aromatic heterocycles. The fraction of sp³-hybridized carbons (Fsp3) is 0.281. The molecule has 1 atom stereocenters. The van der Waals surface area contributed by atoms with Crippen LogP contribution in [0.2, 0.25) is 0 Å². The van der Waals surface area contributed by atoms with Crippen molar-refractivity contribution in [2.45, 2.75) is 45.1 Å². The van der Waals surface area contributed by atoms with Crippen LogP contribution in [0.1, 0.15) is 54.4 Å². The van der Waals surface area contributed by atoms with E-state index in [1.807, 2.05) is 12.1 Å². The van der Waals surface area contributed by atoms with E-state index in [1.165, 1.54) is 11.8 Å². The summed E-state index contributed by atoms with van der Waals surface area (Å²) in [7, 11) is 0. The molecule has 1 amide bonds. The maximum atomic E-state index is 12.7. The number of carboxylic acids is 1. The number of aromatic nitrogens is 2. The van der Waals surface area contributed by atoms with Gasteiger partial charge in [-0.3, -0.25) is 4.79 Å². The van der Waals surface area contributed by atoms with E-state index in [2.05, 4.69) is 37.1 Å². The van der Waals surface area contributed by atoms with Gasteiger partial charge in [-0.05, 0) is 66.5 Å². The molecule has 5 rings (SSSR count). The van der Waals surface area contributed by atoms with Gasteiger partial charge in [0.05, 0.1) is 28.1 Å². The first-order valence-electron chi connectivity index (χ1n) is 13.2. The summed E-state index contributed by atoms with van der Waals surface area (Å²) in [6.45, 7) is 6.77. The Kier molecular flexibility index (Phi) is 7.59. The molecule has 0 spiro atoms. The fourth-order valence-electron chi connectivity index (χ4n) is 5.13. The zero-order valence-electron chi connectivity index (χ0n) is 22.7. The lowest BCUT2D eigenvalue weighted by Crippen LogP contribution is -2.27. The second-order valence-electron chi connectivity index (χ2n) is 11.2. The monoisotopic (exact) mass is 550 g/mol. The number of anilines is 1.